The first kappa shape index (κ1) is 21.2. The van der Waals surface area contributed by atoms with Crippen molar-refractivity contribution in [2.24, 2.45) is 5.92 Å². The highest BCUT2D eigenvalue weighted by atomic mass is 32.2. The fraction of sp³-hybridized carbons (Fsp3) is 0.364. The van der Waals surface area contributed by atoms with E-state index >= 15 is 0 Å². The zero-order valence-electron chi connectivity index (χ0n) is 17.4. The number of benzene rings is 2. The molecule has 0 radical (unpaired) electrons. The van der Waals surface area contributed by atoms with Gasteiger partial charge >= 0.3 is 0 Å². The number of aryl methyl sites for hydroxylation is 1. The summed E-state index contributed by atoms with van der Waals surface area (Å²) in [5.74, 6) is 1.23. The SMILES string of the molecule is CSC.Cc1cc(N)cc2ncnc(Nc3ccc(F)cc3OC3(C)CC3C)c12. The molecule has 2 aromatic carbocycles. The molecule has 3 aromatic rings. The van der Waals surface area contributed by atoms with Crippen molar-refractivity contribution in [2.45, 2.75) is 32.8 Å². The first-order valence-electron chi connectivity index (χ1n) is 9.44. The van der Waals surface area contributed by atoms with Crippen LogP contribution in [0.4, 0.5) is 21.6 Å². The maximum atomic E-state index is 13.8. The Kier molecular flexibility index (Phi) is 6.17. The van der Waals surface area contributed by atoms with Crippen molar-refractivity contribution in [1.29, 1.82) is 0 Å². The molecule has 0 amide bonds. The number of nitrogens with one attached hydrogen (secondary N) is 1. The van der Waals surface area contributed by atoms with Crippen LogP contribution in [-0.2, 0) is 0 Å². The smallest absolute Gasteiger partial charge is 0.146 e. The lowest BCUT2D eigenvalue weighted by Gasteiger charge is -2.19. The van der Waals surface area contributed by atoms with Gasteiger partial charge in [-0.25, -0.2) is 14.4 Å². The molecule has 1 heterocycles. The van der Waals surface area contributed by atoms with E-state index in [1.165, 1.54) is 18.5 Å². The minimum absolute atomic E-state index is 0.248. The highest BCUT2D eigenvalue weighted by molar-refractivity contribution is 7.97. The number of fused-ring (bicyclic) bond motifs is 1. The topological polar surface area (TPSA) is 73.1 Å². The lowest BCUT2D eigenvalue weighted by Crippen LogP contribution is -2.16. The summed E-state index contributed by atoms with van der Waals surface area (Å²) in [6.07, 6.45) is 6.52. The molecule has 1 aliphatic rings. The number of halogens is 1. The predicted molar refractivity (Wildman–Crippen MR) is 121 cm³/mol. The fourth-order valence-corrected chi connectivity index (χ4v) is 3.27. The zero-order valence-corrected chi connectivity index (χ0v) is 18.2. The van der Waals surface area contributed by atoms with E-state index in [-0.39, 0.29) is 11.4 Å². The second kappa shape index (κ2) is 8.45. The Morgan fingerprint density at radius 2 is 1.93 bits per heavy atom. The number of ether oxygens (including phenoxy) is 1. The van der Waals surface area contributed by atoms with Gasteiger partial charge in [0.05, 0.1) is 11.2 Å². The van der Waals surface area contributed by atoms with Gasteiger partial charge in [0.1, 0.15) is 29.3 Å². The largest absolute Gasteiger partial charge is 0.485 e. The highest BCUT2D eigenvalue weighted by Crippen LogP contribution is 2.48. The van der Waals surface area contributed by atoms with Crippen molar-refractivity contribution in [3.05, 3.63) is 48.0 Å². The standard InChI is InChI=1S/C20H21FN4O.C2H6S/c1-11-6-14(22)8-16-18(11)19(24-10-23-16)25-15-5-4-13(21)7-17(15)26-20(3)9-12(20)2;1-3-2/h4-8,10,12H,9,22H2,1-3H3,(H,23,24,25);1-2H3. The molecule has 1 aromatic heterocycles. The second-order valence-electron chi connectivity index (χ2n) is 7.65. The summed E-state index contributed by atoms with van der Waals surface area (Å²) in [4.78, 5) is 8.67. The first-order chi connectivity index (χ1) is 13.8. The van der Waals surface area contributed by atoms with E-state index in [1.807, 2.05) is 38.5 Å². The van der Waals surface area contributed by atoms with E-state index in [0.29, 0.717) is 28.9 Å². The number of rotatable bonds is 4. The van der Waals surface area contributed by atoms with Gasteiger partial charge in [-0.2, -0.15) is 11.8 Å². The molecule has 0 aliphatic heterocycles. The lowest BCUT2D eigenvalue weighted by molar-refractivity contribution is 0.184. The molecule has 3 N–H and O–H groups in total. The van der Waals surface area contributed by atoms with Gasteiger partial charge in [0.25, 0.3) is 0 Å². The molecule has 0 saturated heterocycles. The minimum Gasteiger partial charge on any atom is -0.485 e. The average molecular weight is 415 g/mol. The highest BCUT2D eigenvalue weighted by Gasteiger charge is 2.49. The van der Waals surface area contributed by atoms with E-state index in [2.05, 4.69) is 22.2 Å². The van der Waals surface area contributed by atoms with Crippen molar-refractivity contribution in [2.75, 3.05) is 23.6 Å². The van der Waals surface area contributed by atoms with Gasteiger partial charge in [0.15, 0.2) is 0 Å². The van der Waals surface area contributed by atoms with Crippen LogP contribution in [0.1, 0.15) is 25.8 Å². The lowest BCUT2D eigenvalue weighted by atomic mass is 10.1. The average Bonchev–Trinajstić information content (AvgIpc) is 3.23. The van der Waals surface area contributed by atoms with E-state index in [9.17, 15) is 4.39 Å². The quantitative estimate of drug-likeness (QED) is 0.545. The van der Waals surface area contributed by atoms with Gasteiger partial charge in [-0.05, 0) is 68.5 Å². The molecule has 0 spiro atoms. The van der Waals surface area contributed by atoms with Crippen molar-refractivity contribution in [1.82, 2.24) is 9.97 Å². The molecule has 2 unspecified atom stereocenters. The molecular formula is C22H27FN4OS. The summed E-state index contributed by atoms with van der Waals surface area (Å²) in [5.41, 5.74) is 8.72. The minimum atomic E-state index is -0.334. The number of hydrogen-bond donors (Lipinski definition) is 2. The third kappa shape index (κ3) is 4.72. The van der Waals surface area contributed by atoms with E-state index in [1.54, 1.807) is 17.8 Å². The van der Waals surface area contributed by atoms with Gasteiger partial charge < -0.3 is 15.8 Å². The molecule has 29 heavy (non-hydrogen) atoms. The maximum Gasteiger partial charge on any atom is 0.146 e. The van der Waals surface area contributed by atoms with E-state index in [4.69, 9.17) is 10.5 Å². The number of nitrogens with zero attached hydrogens (tertiary/aromatic N) is 2. The molecule has 2 atom stereocenters. The summed E-state index contributed by atoms with van der Waals surface area (Å²) in [6, 6.07) is 8.17. The molecule has 1 fully saturated rings. The van der Waals surface area contributed by atoms with Crippen LogP contribution >= 0.6 is 11.8 Å². The normalized spacial score (nSPS) is 20.0. The third-order valence-electron chi connectivity index (χ3n) is 5.09. The predicted octanol–water partition coefficient (Wildman–Crippen LogP) is 5.56. The van der Waals surface area contributed by atoms with Crippen LogP contribution in [0.3, 0.4) is 0 Å². The monoisotopic (exact) mass is 414 g/mol. The Morgan fingerprint density at radius 3 is 2.59 bits per heavy atom. The van der Waals surface area contributed by atoms with E-state index in [0.717, 1.165) is 22.9 Å². The second-order valence-corrected chi connectivity index (χ2v) is 8.46. The Labute approximate surface area is 175 Å². The van der Waals surface area contributed by atoms with Gasteiger partial charge in [-0.3, -0.25) is 0 Å². The fourth-order valence-electron chi connectivity index (χ4n) is 3.27. The van der Waals surface area contributed by atoms with Crippen LogP contribution in [0.2, 0.25) is 0 Å². The van der Waals surface area contributed by atoms with Crippen LogP contribution in [0.15, 0.2) is 36.7 Å². The van der Waals surface area contributed by atoms with Crippen LogP contribution in [0.25, 0.3) is 10.9 Å². The maximum absolute atomic E-state index is 13.8. The molecule has 1 saturated carbocycles. The number of hydrogen-bond acceptors (Lipinski definition) is 6. The Hall–Kier alpha value is -2.54. The van der Waals surface area contributed by atoms with E-state index < -0.39 is 0 Å². The van der Waals surface area contributed by atoms with Gasteiger partial charge in [0, 0.05) is 17.1 Å². The summed E-state index contributed by atoms with van der Waals surface area (Å²) >= 11 is 1.75. The van der Waals surface area contributed by atoms with Crippen LogP contribution in [-0.4, -0.2) is 28.1 Å². The summed E-state index contributed by atoms with van der Waals surface area (Å²) in [6.45, 7) is 6.12. The molecule has 7 heteroatoms. The van der Waals surface area contributed by atoms with Crippen LogP contribution < -0.4 is 15.8 Å². The molecule has 5 nitrogen and oxygen atoms in total. The van der Waals surface area contributed by atoms with Crippen molar-refractivity contribution in [3.63, 3.8) is 0 Å². The molecule has 4 rings (SSSR count). The summed E-state index contributed by atoms with van der Waals surface area (Å²) in [5, 5.41) is 4.16. The Balaban J connectivity index is 0.000000755. The van der Waals surface area contributed by atoms with Crippen LogP contribution in [0, 0.1) is 18.7 Å². The van der Waals surface area contributed by atoms with Crippen LogP contribution in [0.5, 0.6) is 5.75 Å². The first-order valence-corrected chi connectivity index (χ1v) is 11.1. The van der Waals surface area contributed by atoms with Crippen molar-refractivity contribution in [3.8, 4) is 5.75 Å². The van der Waals surface area contributed by atoms with Gasteiger partial charge in [-0.15, -0.1) is 0 Å². The zero-order chi connectivity index (χ0) is 21.2. The number of aromatic nitrogens is 2. The Bertz CT molecular complexity index is 1030. The van der Waals surface area contributed by atoms with Crippen molar-refractivity contribution < 1.29 is 9.13 Å². The number of anilines is 3. The third-order valence-corrected chi connectivity index (χ3v) is 5.09. The molecule has 0 bridgehead atoms. The van der Waals surface area contributed by atoms with Gasteiger partial charge in [-0.1, -0.05) is 6.92 Å². The number of thioether (sulfide) groups is 1. The molecular weight excluding hydrogens is 387 g/mol. The summed E-state index contributed by atoms with van der Waals surface area (Å²) in [7, 11) is 0. The van der Waals surface area contributed by atoms with Gasteiger partial charge in [0.2, 0.25) is 0 Å². The van der Waals surface area contributed by atoms with Crippen molar-refractivity contribution >= 4 is 39.9 Å². The Morgan fingerprint density at radius 1 is 1.24 bits per heavy atom. The molecule has 1 aliphatic carbocycles. The number of nitrogen functional groups attached to an aromatic ring is 1. The summed E-state index contributed by atoms with van der Waals surface area (Å²) < 4.78 is 19.9. The number of nitrogens with two attached hydrogens (primary N) is 1. The molecule has 154 valence electrons.